The molecule has 13 heavy (non-hydrogen) atoms. The number of hydrogen-bond donors (Lipinski definition) is 1. The van der Waals surface area contributed by atoms with Gasteiger partial charge in [0, 0.05) is 4.90 Å². The van der Waals surface area contributed by atoms with Gasteiger partial charge in [-0.05, 0) is 23.8 Å². The molecular formula is C8H6F4S. The molecule has 0 amide bonds. The summed E-state index contributed by atoms with van der Waals surface area (Å²) >= 11 is 3.74. The molecule has 0 radical (unpaired) electrons. The average molecular weight is 210 g/mol. The van der Waals surface area contributed by atoms with Crippen LogP contribution in [0, 0.1) is 0 Å². The van der Waals surface area contributed by atoms with Crippen molar-refractivity contribution >= 4 is 12.6 Å². The second-order valence-electron chi connectivity index (χ2n) is 2.52. The van der Waals surface area contributed by atoms with Crippen molar-refractivity contribution in [1.82, 2.24) is 0 Å². The zero-order chi connectivity index (χ0) is 10.1. The van der Waals surface area contributed by atoms with Crippen molar-refractivity contribution in [2.24, 2.45) is 0 Å². The van der Waals surface area contributed by atoms with Crippen LogP contribution in [0.2, 0.25) is 0 Å². The van der Waals surface area contributed by atoms with E-state index in [1.54, 1.807) is 0 Å². The van der Waals surface area contributed by atoms with Gasteiger partial charge in [-0.3, -0.25) is 0 Å². The van der Waals surface area contributed by atoms with Gasteiger partial charge in [0.05, 0.1) is 5.56 Å². The topological polar surface area (TPSA) is 0 Å². The molecule has 0 aliphatic rings. The van der Waals surface area contributed by atoms with Crippen LogP contribution in [0.25, 0.3) is 0 Å². The second-order valence-corrected chi connectivity index (χ2v) is 3.04. The first-order valence-electron chi connectivity index (χ1n) is 3.39. The van der Waals surface area contributed by atoms with Crippen LogP contribution in [0.1, 0.15) is 11.1 Å². The number of halogens is 4. The first kappa shape index (κ1) is 10.4. The number of hydrogen-bond acceptors (Lipinski definition) is 1. The Kier molecular flexibility index (Phi) is 2.85. The van der Waals surface area contributed by atoms with E-state index in [4.69, 9.17) is 0 Å². The third-order valence-corrected chi connectivity index (χ3v) is 1.72. The second kappa shape index (κ2) is 3.57. The third-order valence-electron chi connectivity index (χ3n) is 1.46. The van der Waals surface area contributed by atoms with Gasteiger partial charge < -0.3 is 0 Å². The Balaban J connectivity index is 3.16. The average Bonchev–Trinajstić information content (AvgIpc) is 2.01. The minimum absolute atomic E-state index is 0.0141. The molecule has 1 aromatic rings. The predicted molar refractivity (Wildman–Crippen MR) is 43.5 cm³/mol. The molecule has 0 fully saturated rings. The summed E-state index contributed by atoms with van der Waals surface area (Å²) in [4.78, 5) is 0.113. The van der Waals surface area contributed by atoms with E-state index >= 15 is 0 Å². The summed E-state index contributed by atoms with van der Waals surface area (Å²) in [7, 11) is 0. The van der Waals surface area contributed by atoms with Gasteiger partial charge in [0.15, 0.2) is 0 Å². The maximum absolute atomic E-state index is 12.1. The zero-order valence-corrected chi connectivity index (χ0v) is 7.29. The highest BCUT2D eigenvalue weighted by atomic mass is 32.1. The van der Waals surface area contributed by atoms with Crippen LogP contribution in [0.15, 0.2) is 23.1 Å². The highest BCUT2D eigenvalue weighted by molar-refractivity contribution is 7.80. The van der Waals surface area contributed by atoms with Crippen LogP contribution in [0.5, 0.6) is 0 Å². The van der Waals surface area contributed by atoms with E-state index in [-0.39, 0.29) is 10.5 Å². The molecule has 1 aromatic carbocycles. The van der Waals surface area contributed by atoms with Gasteiger partial charge in [0.1, 0.15) is 6.67 Å². The zero-order valence-electron chi connectivity index (χ0n) is 6.40. The van der Waals surface area contributed by atoms with Gasteiger partial charge in [0.2, 0.25) is 0 Å². The molecule has 0 heterocycles. The summed E-state index contributed by atoms with van der Waals surface area (Å²) < 4.78 is 48.5. The molecule has 0 nitrogen and oxygen atoms in total. The normalized spacial score (nSPS) is 11.8. The standard InChI is InChI=1S/C8H6F4S/c9-4-5-1-6(8(10,11)12)3-7(13)2-5/h1-3,13H,4H2. The maximum atomic E-state index is 12.1. The fraction of sp³-hybridized carbons (Fsp3) is 0.250. The molecule has 1 rings (SSSR count). The summed E-state index contributed by atoms with van der Waals surface area (Å²) in [6, 6.07) is 2.90. The van der Waals surface area contributed by atoms with E-state index in [1.807, 2.05) is 0 Å². The van der Waals surface area contributed by atoms with E-state index in [9.17, 15) is 17.6 Å². The monoisotopic (exact) mass is 210 g/mol. The van der Waals surface area contributed by atoms with Crippen LogP contribution in [0.4, 0.5) is 17.6 Å². The highest BCUT2D eigenvalue weighted by Gasteiger charge is 2.30. The van der Waals surface area contributed by atoms with Gasteiger partial charge >= 0.3 is 6.18 Å². The smallest absolute Gasteiger partial charge is 0.246 e. The lowest BCUT2D eigenvalue weighted by molar-refractivity contribution is -0.137. The fourth-order valence-corrected chi connectivity index (χ4v) is 1.22. The number of alkyl halides is 4. The number of thiol groups is 1. The van der Waals surface area contributed by atoms with E-state index in [0.29, 0.717) is 0 Å². The summed E-state index contributed by atoms with van der Waals surface area (Å²) in [5, 5.41) is 0. The van der Waals surface area contributed by atoms with Crippen LogP contribution in [0.3, 0.4) is 0 Å². The Hall–Kier alpha value is -0.710. The SMILES string of the molecule is FCc1cc(S)cc(C(F)(F)F)c1. The summed E-state index contributed by atoms with van der Waals surface area (Å²) in [5.41, 5.74) is -0.882. The van der Waals surface area contributed by atoms with Gasteiger partial charge in [-0.25, -0.2) is 4.39 Å². The molecule has 0 saturated heterocycles. The number of benzene rings is 1. The Morgan fingerprint density at radius 1 is 1.15 bits per heavy atom. The summed E-state index contributed by atoms with van der Waals surface area (Å²) in [6.07, 6.45) is -4.44. The van der Waals surface area contributed by atoms with Crippen molar-refractivity contribution in [2.75, 3.05) is 0 Å². The van der Waals surface area contributed by atoms with Gasteiger partial charge in [-0.15, -0.1) is 12.6 Å². The van der Waals surface area contributed by atoms with Crippen LogP contribution in [-0.4, -0.2) is 0 Å². The van der Waals surface area contributed by atoms with Crippen LogP contribution >= 0.6 is 12.6 Å². The van der Waals surface area contributed by atoms with Gasteiger partial charge in [-0.1, -0.05) is 0 Å². The predicted octanol–water partition coefficient (Wildman–Crippen LogP) is 3.46. The minimum Gasteiger partial charge on any atom is -0.246 e. The van der Waals surface area contributed by atoms with Crippen molar-refractivity contribution < 1.29 is 17.6 Å². The van der Waals surface area contributed by atoms with E-state index in [0.717, 1.165) is 12.1 Å². The molecule has 0 aliphatic heterocycles. The molecule has 0 bridgehead atoms. The van der Waals surface area contributed by atoms with Crippen molar-refractivity contribution in [3.05, 3.63) is 29.3 Å². The molecule has 0 unspecified atom stereocenters. The molecule has 5 heteroatoms. The number of rotatable bonds is 1. The Bertz CT molecular complexity index is 306. The molecule has 72 valence electrons. The Morgan fingerprint density at radius 3 is 2.23 bits per heavy atom. The van der Waals surface area contributed by atoms with Crippen molar-refractivity contribution in [2.45, 2.75) is 17.7 Å². The lowest BCUT2D eigenvalue weighted by atomic mass is 10.1. The van der Waals surface area contributed by atoms with Crippen LogP contribution in [-0.2, 0) is 12.9 Å². The van der Waals surface area contributed by atoms with Gasteiger partial charge in [-0.2, -0.15) is 13.2 Å². The Labute approximate surface area is 78.0 Å². The lowest BCUT2D eigenvalue weighted by Crippen LogP contribution is -2.05. The van der Waals surface area contributed by atoms with E-state index < -0.39 is 18.4 Å². The first-order valence-corrected chi connectivity index (χ1v) is 3.84. The molecule has 0 saturated carbocycles. The van der Waals surface area contributed by atoms with Crippen LogP contribution < -0.4 is 0 Å². The Morgan fingerprint density at radius 2 is 1.77 bits per heavy atom. The van der Waals surface area contributed by atoms with Crippen molar-refractivity contribution in [3.63, 3.8) is 0 Å². The molecule has 0 spiro atoms. The summed E-state index contributed by atoms with van der Waals surface area (Å²) in [5.74, 6) is 0. The first-order chi connectivity index (χ1) is 5.93. The third kappa shape index (κ3) is 2.62. The van der Waals surface area contributed by atoms with Gasteiger partial charge in [0.25, 0.3) is 0 Å². The molecule has 0 aromatic heterocycles. The quantitative estimate of drug-likeness (QED) is 0.532. The largest absolute Gasteiger partial charge is 0.416 e. The fourth-order valence-electron chi connectivity index (χ4n) is 0.915. The van der Waals surface area contributed by atoms with Crippen molar-refractivity contribution in [1.29, 1.82) is 0 Å². The summed E-state index contributed by atoms with van der Waals surface area (Å²) in [6.45, 7) is -0.919. The lowest BCUT2D eigenvalue weighted by Gasteiger charge is -2.08. The highest BCUT2D eigenvalue weighted by Crippen LogP contribution is 2.31. The molecule has 0 N–H and O–H groups in total. The van der Waals surface area contributed by atoms with E-state index in [1.165, 1.54) is 6.07 Å². The molecule has 0 atom stereocenters. The minimum atomic E-state index is -4.44. The van der Waals surface area contributed by atoms with E-state index in [2.05, 4.69) is 12.6 Å². The van der Waals surface area contributed by atoms with Crippen molar-refractivity contribution in [3.8, 4) is 0 Å². The molecule has 0 aliphatic carbocycles. The molecular weight excluding hydrogens is 204 g/mol. The maximum Gasteiger partial charge on any atom is 0.416 e.